The quantitative estimate of drug-likeness (QED) is 0.0299. The highest BCUT2D eigenvalue weighted by atomic mass is 16.2. The lowest BCUT2D eigenvalue weighted by atomic mass is 9.99. The predicted molar refractivity (Wildman–Crippen MR) is 284 cm³/mol. The summed E-state index contributed by atoms with van der Waals surface area (Å²) < 4.78 is 0. The Labute approximate surface area is 459 Å². The summed E-state index contributed by atoms with van der Waals surface area (Å²) in [6, 6.07) is -12.2. The summed E-state index contributed by atoms with van der Waals surface area (Å²) in [4.78, 5) is 176. The molecule has 0 spiro atoms. The minimum atomic E-state index is -1.23. The number of nitrogens with two attached hydrogens (primary N) is 3. The molecule has 2 rings (SSSR count). The van der Waals surface area contributed by atoms with Gasteiger partial charge in [0.05, 0.1) is 25.5 Å². The molecule has 30 heteroatoms. The Hall–Kier alpha value is -7.76. The summed E-state index contributed by atoms with van der Waals surface area (Å²) in [5, 5.41) is 27.0. The average molecular weight is 1120 g/mol. The van der Waals surface area contributed by atoms with E-state index in [1.165, 1.54) is 59.0 Å². The number of carbonyl (C=O) groups is 13. The standard InChI is InChI=1S/C49H83N17O13/c1-23(2)37(39(52)69)64-48(78)38(24(3)4)65-45(75)28(8)58-36(68)21-54-40(70)25(5)59-43(73)29(9)61-44(74)30(10)60-42(72)27(7)57-35(67)20-55-41(71)26(6)62-47(77)34-15-13-17-66(34)49(79)33(18-31-19-53-22-56-31)63-46(76)32(51)14-11-12-16-50/h19,22-30,32-34,37-38H,11-18,20-21,50-51H2,1-10H3,(H2,52,69)(H,53,56)(H,54,70)(H,55,71)(H,57,67)(H,58,68)(H,59,73)(H,60,72)(H,61,74)(H,62,77)(H,63,76)(H,64,78)(H,65,75)/t25-,26-,27-,28-,29-,30-,32-,33-,34-,37-,38-/m0/s1. The molecule has 1 aromatic rings. The lowest BCUT2D eigenvalue weighted by molar-refractivity contribution is -0.142. The molecule has 30 nitrogen and oxygen atoms in total. The largest absolute Gasteiger partial charge is 0.368 e. The fourth-order valence-corrected chi connectivity index (χ4v) is 7.80. The summed E-state index contributed by atoms with van der Waals surface area (Å²) >= 11 is 0. The van der Waals surface area contributed by atoms with Crippen molar-refractivity contribution < 1.29 is 62.3 Å². The molecular weight excluding hydrogens is 1030 g/mol. The topological polar surface area (TPSA) is 464 Å². The van der Waals surface area contributed by atoms with Crippen LogP contribution in [0.5, 0.6) is 0 Å². The Bertz CT molecular complexity index is 2320. The lowest BCUT2D eigenvalue weighted by Crippen LogP contribution is -2.58. The third kappa shape index (κ3) is 22.6. The van der Waals surface area contributed by atoms with Crippen LogP contribution < -0.4 is 75.7 Å². The summed E-state index contributed by atoms with van der Waals surface area (Å²) in [5.74, 6) is -10.1. The zero-order valence-corrected chi connectivity index (χ0v) is 46.7. The lowest BCUT2D eigenvalue weighted by Gasteiger charge is -2.29. The average Bonchev–Trinajstić information content (AvgIpc) is 4.10. The zero-order valence-electron chi connectivity index (χ0n) is 46.7. The van der Waals surface area contributed by atoms with Crippen molar-refractivity contribution in [3.8, 4) is 0 Å². The van der Waals surface area contributed by atoms with Crippen molar-refractivity contribution >= 4 is 76.8 Å². The van der Waals surface area contributed by atoms with Crippen LogP contribution in [0, 0.1) is 11.8 Å². The van der Waals surface area contributed by atoms with Crippen molar-refractivity contribution in [3.05, 3.63) is 18.2 Å². The van der Waals surface area contributed by atoms with Gasteiger partial charge in [0.15, 0.2) is 0 Å². The normalized spacial score (nSPS) is 16.8. The maximum absolute atomic E-state index is 13.9. The van der Waals surface area contributed by atoms with Crippen LogP contribution in [0.3, 0.4) is 0 Å². The number of hydrogen-bond donors (Lipinski definition) is 15. The van der Waals surface area contributed by atoms with Crippen molar-refractivity contribution in [1.82, 2.24) is 73.4 Å². The van der Waals surface area contributed by atoms with Crippen molar-refractivity contribution in [2.75, 3.05) is 26.2 Å². The summed E-state index contributed by atoms with van der Waals surface area (Å²) in [5.41, 5.74) is 17.6. The molecule has 1 aliphatic rings. The first-order chi connectivity index (χ1) is 37.0. The number of H-pyrrole nitrogens is 1. The van der Waals surface area contributed by atoms with Crippen molar-refractivity contribution in [2.45, 2.75) is 174 Å². The van der Waals surface area contributed by atoms with Crippen molar-refractivity contribution in [3.63, 3.8) is 0 Å². The molecule has 11 atom stereocenters. The van der Waals surface area contributed by atoms with Gasteiger partial charge in [-0.25, -0.2) is 4.98 Å². The van der Waals surface area contributed by atoms with Crippen LogP contribution in [0.4, 0.5) is 0 Å². The van der Waals surface area contributed by atoms with E-state index < -0.39 is 162 Å². The minimum Gasteiger partial charge on any atom is -0.368 e. The van der Waals surface area contributed by atoms with E-state index in [1.807, 2.05) is 0 Å². The van der Waals surface area contributed by atoms with Gasteiger partial charge in [0.2, 0.25) is 76.8 Å². The number of carbonyl (C=O) groups excluding carboxylic acids is 13. The number of amides is 13. The van der Waals surface area contributed by atoms with Crippen LogP contribution in [0.1, 0.15) is 107 Å². The molecule has 1 aliphatic heterocycles. The molecule has 0 unspecified atom stereocenters. The molecule has 0 aliphatic carbocycles. The van der Waals surface area contributed by atoms with Crippen LogP contribution in [0.2, 0.25) is 0 Å². The first kappa shape index (κ1) is 67.3. The molecule has 1 fully saturated rings. The van der Waals surface area contributed by atoms with Gasteiger partial charge in [-0.2, -0.15) is 0 Å². The number of aromatic amines is 1. The van der Waals surface area contributed by atoms with Crippen molar-refractivity contribution in [2.24, 2.45) is 29.0 Å². The van der Waals surface area contributed by atoms with E-state index in [2.05, 4.69) is 68.5 Å². The summed E-state index contributed by atoms with van der Waals surface area (Å²) in [6.45, 7) is 14.1. The Morgan fingerprint density at radius 2 is 1.04 bits per heavy atom. The number of nitrogens with one attached hydrogen (secondary N) is 12. The van der Waals surface area contributed by atoms with Crippen LogP contribution >= 0.6 is 0 Å². The third-order valence-corrected chi connectivity index (χ3v) is 12.7. The number of unbranched alkanes of at least 4 members (excludes halogenated alkanes) is 1. The van der Waals surface area contributed by atoms with Gasteiger partial charge in [0, 0.05) is 24.9 Å². The second kappa shape index (κ2) is 32.9. The third-order valence-electron chi connectivity index (χ3n) is 12.7. The molecule has 1 aromatic heterocycles. The van der Waals surface area contributed by atoms with Gasteiger partial charge in [-0.1, -0.05) is 34.1 Å². The molecule has 79 heavy (non-hydrogen) atoms. The predicted octanol–water partition coefficient (Wildman–Crippen LogP) is -6.09. The highest BCUT2D eigenvalue weighted by Crippen LogP contribution is 2.20. The van der Waals surface area contributed by atoms with Crippen LogP contribution in [0.25, 0.3) is 0 Å². The highest BCUT2D eigenvalue weighted by molar-refractivity contribution is 5.98. The van der Waals surface area contributed by atoms with Crippen molar-refractivity contribution in [1.29, 1.82) is 0 Å². The Kier molecular flexibility index (Phi) is 28.0. The van der Waals surface area contributed by atoms with E-state index >= 15 is 0 Å². The van der Waals surface area contributed by atoms with E-state index in [1.54, 1.807) is 27.7 Å². The van der Waals surface area contributed by atoms with E-state index in [9.17, 15) is 62.3 Å². The molecule has 442 valence electrons. The minimum absolute atomic E-state index is 0.0433. The van der Waals surface area contributed by atoms with Gasteiger partial charge >= 0.3 is 0 Å². The highest BCUT2D eigenvalue weighted by Gasteiger charge is 2.39. The first-order valence-corrected chi connectivity index (χ1v) is 26.3. The maximum atomic E-state index is 13.9. The monoisotopic (exact) mass is 1120 g/mol. The maximum Gasteiger partial charge on any atom is 0.246 e. The van der Waals surface area contributed by atoms with Gasteiger partial charge in [0.1, 0.15) is 60.4 Å². The Balaban J connectivity index is 1.81. The van der Waals surface area contributed by atoms with E-state index in [0.717, 1.165) is 0 Å². The van der Waals surface area contributed by atoms with Gasteiger partial charge in [0.25, 0.3) is 0 Å². The number of primary amides is 1. The molecule has 0 bridgehead atoms. The number of imidazole rings is 1. The fourth-order valence-electron chi connectivity index (χ4n) is 7.80. The number of hydrogen-bond acceptors (Lipinski definition) is 16. The Morgan fingerprint density at radius 1 is 0.582 bits per heavy atom. The molecule has 0 saturated carbocycles. The zero-order chi connectivity index (χ0) is 59.8. The molecular formula is C49H83N17O13. The van der Waals surface area contributed by atoms with Gasteiger partial charge in [-0.3, -0.25) is 62.3 Å². The second-order valence-electron chi connectivity index (χ2n) is 20.2. The van der Waals surface area contributed by atoms with Gasteiger partial charge in [-0.05, 0) is 85.6 Å². The van der Waals surface area contributed by atoms with E-state index in [0.29, 0.717) is 37.9 Å². The van der Waals surface area contributed by atoms with Gasteiger partial charge in [-0.15, -0.1) is 0 Å². The molecule has 2 heterocycles. The number of likely N-dealkylation sites (tertiary alicyclic amines) is 1. The SMILES string of the molecule is CC(C)[C@H](NC(=O)[C@@H](NC(=O)[C@H](C)NC(=O)CNC(=O)[C@H](C)NC(=O)[C@H](C)NC(=O)[C@H](C)NC(=O)[C@H](C)NC(=O)CNC(=O)[C@H](C)NC(=O)[C@@H]1CCCN1C(=O)[C@H](Cc1cnc[nH]1)NC(=O)[C@@H](N)CCCCN)C(C)C)C(N)=O. The molecule has 18 N–H and O–H groups in total. The molecule has 13 amide bonds. The fraction of sp³-hybridized carbons (Fsp3) is 0.673. The smallest absolute Gasteiger partial charge is 0.246 e. The van der Waals surface area contributed by atoms with Crippen LogP contribution in [-0.2, 0) is 68.7 Å². The first-order valence-electron chi connectivity index (χ1n) is 26.3. The number of aromatic nitrogens is 2. The van der Waals surface area contributed by atoms with Crippen LogP contribution in [-0.4, -0.2) is 184 Å². The summed E-state index contributed by atoms with van der Waals surface area (Å²) in [7, 11) is 0. The van der Waals surface area contributed by atoms with E-state index in [4.69, 9.17) is 17.2 Å². The van der Waals surface area contributed by atoms with Crippen LogP contribution in [0.15, 0.2) is 12.5 Å². The molecule has 0 aromatic carbocycles. The van der Waals surface area contributed by atoms with E-state index in [-0.39, 0.29) is 25.3 Å². The molecule has 1 saturated heterocycles. The summed E-state index contributed by atoms with van der Waals surface area (Å²) in [6.07, 6.45) is 5.36. The van der Waals surface area contributed by atoms with Gasteiger partial charge < -0.3 is 85.6 Å². The number of nitrogens with zero attached hydrogens (tertiary/aromatic N) is 2. The number of rotatable bonds is 32. The Morgan fingerprint density at radius 3 is 1.49 bits per heavy atom. The molecule has 0 radical (unpaired) electrons. The second-order valence-corrected chi connectivity index (χ2v) is 20.2.